The molecule has 1 aromatic rings. The average molecular weight is 396 g/mol. The highest BCUT2D eigenvalue weighted by Crippen LogP contribution is 2.27. The fourth-order valence-electron chi connectivity index (χ4n) is 3.51. The number of carbonyl (C=O) groups excluding carboxylic acids is 3. The molecule has 0 aromatic heterocycles. The predicted molar refractivity (Wildman–Crippen MR) is 94.1 cm³/mol. The van der Waals surface area contributed by atoms with Crippen LogP contribution in [0.15, 0.2) is 24.3 Å². The van der Waals surface area contributed by atoms with Crippen LogP contribution in [0.4, 0.5) is 8.78 Å². The van der Waals surface area contributed by atoms with Crippen LogP contribution >= 0.6 is 0 Å². The second-order valence-electron chi connectivity index (χ2n) is 6.75. The van der Waals surface area contributed by atoms with Crippen LogP contribution in [0, 0.1) is 0 Å². The van der Waals surface area contributed by atoms with Gasteiger partial charge in [-0.1, -0.05) is 0 Å². The highest BCUT2D eigenvalue weighted by molar-refractivity contribution is 5.94. The fourth-order valence-corrected chi connectivity index (χ4v) is 3.51. The van der Waals surface area contributed by atoms with E-state index in [9.17, 15) is 23.2 Å². The Morgan fingerprint density at radius 3 is 2.71 bits per heavy atom. The molecule has 0 aliphatic carbocycles. The zero-order chi connectivity index (χ0) is 20.1. The number of unbranched alkanes of at least 4 members (excludes halogenated alkanes) is 1. The van der Waals surface area contributed by atoms with Crippen molar-refractivity contribution in [1.82, 2.24) is 10.2 Å². The number of ketones is 1. The van der Waals surface area contributed by atoms with Crippen molar-refractivity contribution in [3.05, 3.63) is 29.8 Å². The molecule has 0 saturated carbocycles. The van der Waals surface area contributed by atoms with E-state index in [2.05, 4.69) is 10.1 Å². The molecular formula is C19H22F2N2O5. The highest BCUT2D eigenvalue weighted by atomic mass is 19.3. The summed E-state index contributed by atoms with van der Waals surface area (Å²) in [4.78, 5) is 37.8. The van der Waals surface area contributed by atoms with Crippen LogP contribution in [0.3, 0.4) is 0 Å². The summed E-state index contributed by atoms with van der Waals surface area (Å²) < 4.78 is 33.8. The van der Waals surface area contributed by atoms with Crippen LogP contribution in [0.2, 0.25) is 0 Å². The molecule has 2 amide bonds. The molecule has 2 fully saturated rings. The number of fused-ring (bicyclic) bond motifs is 1. The van der Waals surface area contributed by atoms with Gasteiger partial charge in [0, 0.05) is 25.1 Å². The monoisotopic (exact) mass is 396 g/mol. The summed E-state index contributed by atoms with van der Waals surface area (Å²) in [5.74, 6) is -0.438. The van der Waals surface area contributed by atoms with Gasteiger partial charge in [-0.25, -0.2) is 0 Å². The Morgan fingerprint density at radius 1 is 1.25 bits per heavy atom. The lowest BCUT2D eigenvalue weighted by Crippen LogP contribution is -2.41. The Balaban J connectivity index is 1.35. The second kappa shape index (κ2) is 9.09. The minimum Gasteiger partial charge on any atom is -0.435 e. The van der Waals surface area contributed by atoms with Gasteiger partial charge in [-0.2, -0.15) is 8.78 Å². The Labute approximate surface area is 161 Å². The number of Topliss-reactive ketones (excluding diaryl/α,β-unsaturated/α-hetero) is 1. The maximum absolute atomic E-state index is 12.3. The second-order valence-corrected chi connectivity index (χ2v) is 6.75. The number of carbonyl (C=O) groups is 3. The van der Waals surface area contributed by atoms with E-state index in [1.54, 1.807) is 4.90 Å². The van der Waals surface area contributed by atoms with Gasteiger partial charge in [0.25, 0.3) is 5.91 Å². The number of halogens is 2. The summed E-state index contributed by atoms with van der Waals surface area (Å²) in [6, 6.07) is 4.99. The topological polar surface area (TPSA) is 84.9 Å². The third-order valence-corrected chi connectivity index (χ3v) is 4.88. The molecule has 9 heteroatoms. The van der Waals surface area contributed by atoms with Crippen LogP contribution in [-0.2, 0) is 14.3 Å². The molecule has 0 bridgehead atoms. The van der Waals surface area contributed by atoms with Crippen molar-refractivity contribution < 1.29 is 32.6 Å². The van der Waals surface area contributed by atoms with E-state index in [1.807, 2.05) is 0 Å². The number of ether oxygens (including phenoxy) is 2. The van der Waals surface area contributed by atoms with Crippen LogP contribution in [-0.4, -0.2) is 61.0 Å². The first-order chi connectivity index (χ1) is 13.5. The molecular weight excluding hydrogens is 374 g/mol. The highest BCUT2D eigenvalue weighted by Gasteiger charge is 2.46. The number of alkyl halides is 2. The van der Waals surface area contributed by atoms with E-state index in [0.29, 0.717) is 44.3 Å². The molecule has 2 aliphatic heterocycles. The lowest BCUT2D eigenvalue weighted by atomic mass is 10.1. The van der Waals surface area contributed by atoms with E-state index in [1.165, 1.54) is 24.3 Å². The first kappa shape index (κ1) is 20.2. The third kappa shape index (κ3) is 4.83. The fraction of sp³-hybridized carbons (Fsp3) is 0.526. The van der Waals surface area contributed by atoms with Crippen molar-refractivity contribution in [2.24, 2.45) is 0 Å². The molecule has 1 aromatic carbocycles. The van der Waals surface area contributed by atoms with Crippen LogP contribution in [0.1, 0.15) is 36.0 Å². The van der Waals surface area contributed by atoms with Gasteiger partial charge in [-0.15, -0.1) is 0 Å². The lowest BCUT2D eigenvalue weighted by Gasteiger charge is -2.21. The van der Waals surface area contributed by atoms with E-state index in [0.717, 1.165) is 0 Å². The standard InChI is InChI=1S/C19H22F2N2O5/c20-19(21)28-13-6-4-12(5-7-13)18(26)22-9-2-1-3-16(25)23-10-8-15-17(23)14(24)11-27-15/h4-7,15,17,19H,1-3,8-11H2,(H,22,26). The van der Waals surface area contributed by atoms with Crippen molar-refractivity contribution in [1.29, 1.82) is 0 Å². The Morgan fingerprint density at radius 2 is 2.00 bits per heavy atom. The summed E-state index contributed by atoms with van der Waals surface area (Å²) in [6.07, 6.45) is 2.04. The Kier molecular flexibility index (Phi) is 6.56. The van der Waals surface area contributed by atoms with Crippen molar-refractivity contribution >= 4 is 17.6 Å². The molecule has 0 radical (unpaired) electrons. The predicted octanol–water partition coefficient (Wildman–Crippen LogP) is 1.76. The molecule has 2 heterocycles. The summed E-state index contributed by atoms with van der Waals surface area (Å²) in [7, 11) is 0. The number of nitrogens with one attached hydrogen (secondary N) is 1. The number of benzene rings is 1. The number of nitrogens with zero attached hydrogens (tertiary/aromatic N) is 1. The first-order valence-corrected chi connectivity index (χ1v) is 9.22. The smallest absolute Gasteiger partial charge is 0.387 e. The Hall–Kier alpha value is -2.55. The SMILES string of the molecule is O=C(NCCCCC(=O)N1CCC2OCC(=O)C21)c1ccc(OC(F)F)cc1. The zero-order valence-electron chi connectivity index (χ0n) is 15.2. The van der Waals surface area contributed by atoms with Crippen LogP contribution in [0.5, 0.6) is 5.75 Å². The van der Waals surface area contributed by atoms with Gasteiger partial charge in [-0.05, 0) is 43.5 Å². The molecule has 3 rings (SSSR count). The van der Waals surface area contributed by atoms with E-state index < -0.39 is 12.7 Å². The molecule has 2 unspecified atom stereocenters. The van der Waals surface area contributed by atoms with Gasteiger partial charge < -0.3 is 19.7 Å². The number of hydrogen-bond donors (Lipinski definition) is 1. The molecule has 152 valence electrons. The van der Waals surface area contributed by atoms with E-state index >= 15 is 0 Å². The largest absolute Gasteiger partial charge is 0.435 e. The molecule has 1 N–H and O–H groups in total. The molecule has 7 nitrogen and oxygen atoms in total. The van der Waals surface area contributed by atoms with Crippen molar-refractivity contribution in [3.8, 4) is 5.75 Å². The molecule has 2 atom stereocenters. The summed E-state index contributed by atoms with van der Waals surface area (Å²) in [5.41, 5.74) is 0.334. The van der Waals surface area contributed by atoms with E-state index in [4.69, 9.17) is 4.74 Å². The van der Waals surface area contributed by atoms with Crippen molar-refractivity contribution in [2.75, 3.05) is 19.7 Å². The molecule has 0 spiro atoms. The maximum atomic E-state index is 12.3. The number of amides is 2. The third-order valence-electron chi connectivity index (χ3n) is 4.88. The minimum absolute atomic E-state index is 0.0136. The maximum Gasteiger partial charge on any atom is 0.387 e. The molecule has 2 aliphatic rings. The normalized spacial score (nSPS) is 21.1. The molecule has 2 saturated heterocycles. The van der Waals surface area contributed by atoms with Gasteiger partial charge >= 0.3 is 6.61 Å². The van der Waals surface area contributed by atoms with Gasteiger partial charge in [-0.3, -0.25) is 14.4 Å². The minimum atomic E-state index is -2.91. The lowest BCUT2D eigenvalue weighted by molar-refractivity contribution is -0.136. The summed E-state index contributed by atoms with van der Waals surface area (Å²) in [5, 5.41) is 2.72. The zero-order valence-corrected chi connectivity index (χ0v) is 15.2. The van der Waals surface area contributed by atoms with Gasteiger partial charge in [0.1, 0.15) is 18.4 Å². The number of rotatable bonds is 8. The van der Waals surface area contributed by atoms with E-state index in [-0.39, 0.29) is 36.1 Å². The quantitative estimate of drug-likeness (QED) is 0.677. The number of likely N-dealkylation sites (tertiary alicyclic amines) is 1. The van der Waals surface area contributed by atoms with Crippen molar-refractivity contribution in [2.45, 2.75) is 44.4 Å². The summed E-state index contributed by atoms with van der Waals surface area (Å²) in [6.45, 7) is -1.90. The Bertz CT molecular complexity index is 726. The number of hydrogen-bond acceptors (Lipinski definition) is 5. The summed E-state index contributed by atoms with van der Waals surface area (Å²) >= 11 is 0. The van der Waals surface area contributed by atoms with Gasteiger partial charge in [0.05, 0.1) is 6.10 Å². The van der Waals surface area contributed by atoms with Crippen LogP contribution in [0.25, 0.3) is 0 Å². The van der Waals surface area contributed by atoms with Gasteiger partial charge in [0.2, 0.25) is 5.91 Å². The first-order valence-electron chi connectivity index (χ1n) is 9.22. The van der Waals surface area contributed by atoms with Crippen LogP contribution < -0.4 is 10.1 Å². The van der Waals surface area contributed by atoms with Gasteiger partial charge in [0.15, 0.2) is 5.78 Å². The average Bonchev–Trinajstić information content (AvgIpc) is 3.24. The molecule has 28 heavy (non-hydrogen) atoms. The van der Waals surface area contributed by atoms with Crippen molar-refractivity contribution in [3.63, 3.8) is 0 Å².